The van der Waals surface area contributed by atoms with Gasteiger partial charge in [0.25, 0.3) is 0 Å². The molecule has 16 heavy (non-hydrogen) atoms. The molecule has 0 aliphatic rings. The van der Waals surface area contributed by atoms with E-state index in [1.54, 1.807) is 7.11 Å². The quantitative estimate of drug-likeness (QED) is 0.709. The zero-order valence-corrected chi connectivity index (χ0v) is 12.2. The monoisotopic (exact) mass is 238 g/mol. The van der Waals surface area contributed by atoms with Crippen LogP contribution < -0.4 is 4.74 Å². The number of hydrogen-bond donors (Lipinski definition) is 0. The molecule has 0 saturated heterocycles. The summed E-state index contributed by atoms with van der Waals surface area (Å²) in [5.41, 5.74) is 2.74. The van der Waals surface area contributed by atoms with Gasteiger partial charge in [0, 0.05) is 0 Å². The van der Waals surface area contributed by atoms with E-state index < -0.39 is 0 Å². The van der Waals surface area contributed by atoms with Crippen LogP contribution in [0.3, 0.4) is 0 Å². The summed E-state index contributed by atoms with van der Waals surface area (Å²) < 4.78 is 5.23. The van der Waals surface area contributed by atoms with Crippen molar-refractivity contribution in [3.8, 4) is 5.75 Å². The Morgan fingerprint density at radius 3 is 2.38 bits per heavy atom. The number of methoxy groups -OCH3 is 1. The van der Waals surface area contributed by atoms with Crippen LogP contribution in [0.5, 0.6) is 5.75 Å². The maximum Gasteiger partial charge on any atom is 0.119 e. The van der Waals surface area contributed by atoms with Crippen LogP contribution in [0, 0.1) is 0 Å². The van der Waals surface area contributed by atoms with Gasteiger partial charge in [-0.15, -0.1) is 8.20 Å². The van der Waals surface area contributed by atoms with E-state index in [4.69, 9.17) is 4.74 Å². The van der Waals surface area contributed by atoms with Crippen LogP contribution in [0.1, 0.15) is 38.8 Å². The van der Waals surface area contributed by atoms with Crippen molar-refractivity contribution < 1.29 is 4.74 Å². The van der Waals surface area contributed by atoms with Gasteiger partial charge in [-0.1, -0.05) is 26.8 Å². The van der Waals surface area contributed by atoms with Gasteiger partial charge < -0.3 is 4.74 Å². The highest BCUT2D eigenvalue weighted by molar-refractivity contribution is 7.40. The molecule has 0 aliphatic heterocycles. The molecule has 0 bridgehead atoms. The van der Waals surface area contributed by atoms with E-state index in [9.17, 15) is 0 Å². The van der Waals surface area contributed by atoms with Crippen LogP contribution in [-0.2, 0) is 6.42 Å². The first-order chi connectivity index (χ1) is 7.72. The zero-order valence-electron chi connectivity index (χ0n) is 11.3. The van der Waals surface area contributed by atoms with Gasteiger partial charge in [-0.2, -0.15) is 0 Å². The lowest BCUT2D eigenvalue weighted by Gasteiger charge is -2.09. The Labute approximate surface area is 102 Å². The van der Waals surface area contributed by atoms with Gasteiger partial charge in [0.05, 0.1) is 7.11 Å². The molecule has 90 valence electrons. The topological polar surface area (TPSA) is 9.23 Å². The van der Waals surface area contributed by atoms with Crippen LogP contribution >= 0.6 is 8.20 Å². The summed E-state index contributed by atoms with van der Waals surface area (Å²) in [6.07, 6.45) is 1.08. The molecule has 0 atom stereocenters. The molecule has 0 spiro atoms. The second kappa shape index (κ2) is 8.35. The Hall–Kier alpha value is -0.810. The normalized spacial score (nSPS) is 10.5. The fourth-order valence-corrected chi connectivity index (χ4v) is 1.90. The molecular weight excluding hydrogens is 215 g/mol. The highest BCUT2D eigenvalue weighted by Crippen LogP contribution is 2.20. The maximum atomic E-state index is 5.23. The molecule has 1 aromatic rings. The van der Waals surface area contributed by atoms with E-state index in [0.717, 1.165) is 12.2 Å². The molecule has 0 amide bonds. The van der Waals surface area contributed by atoms with Crippen molar-refractivity contribution in [2.75, 3.05) is 13.8 Å². The molecule has 0 radical (unpaired) electrons. The fraction of sp³-hybridized carbons (Fsp3) is 0.500. The van der Waals surface area contributed by atoms with Gasteiger partial charge in [-0.25, -0.2) is 0 Å². The number of hydrogen-bond acceptors (Lipinski definition) is 1. The summed E-state index contributed by atoms with van der Waals surface area (Å²) in [6.45, 7) is 10.5. The first-order valence-corrected chi connectivity index (χ1v) is 7.17. The van der Waals surface area contributed by atoms with Gasteiger partial charge in [0.1, 0.15) is 5.75 Å². The van der Waals surface area contributed by atoms with E-state index in [-0.39, 0.29) is 0 Å². The van der Waals surface area contributed by atoms with Crippen LogP contribution in [0.25, 0.3) is 0 Å². The molecule has 1 rings (SSSR count). The standard InChI is InChI=1S/C12H17OP.C2H6/c1-5-10-6-7-11(13-3)8-12(10)9(2)14-4;1-2/h6-8H,5H2,1-4H3;1-2H3. The lowest BCUT2D eigenvalue weighted by molar-refractivity contribution is 0.414. The molecule has 1 nitrogen and oxygen atoms in total. The van der Waals surface area contributed by atoms with E-state index in [1.807, 2.05) is 19.9 Å². The minimum absolute atomic E-state index is 0.945. The zero-order chi connectivity index (χ0) is 12.6. The van der Waals surface area contributed by atoms with Crippen LogP contribution in [0.15, 0.2) is 18.2 Å². The van der Waals surface area contributed by atoms with Crippen molar-refractivity contribution in [2.24, 2.45) is 0 Å². The number of benzene rings is 1. The third-order valence-electron chi connectivity index (χ3n) is 2.42. The number of rotatable bonds is 3. The first-order valence-electron chi connectivity index (χ1n) is 5.83. The summed E-state index contributed by atoms with van der Waals surface area (Å²) in [5, 5.41) is 1.40. The van der Waals surface area contributed by atoms with Crippen LogP contribution in [0.4, 0.5) is 0 Å². The summed E-state index contributed by atoms with van der Waals surface area (Å²) in [6, 6.07) is 6.32. The summed E-state index contributed by atoms with van der Waals surface area (Å²) in [4.78, 5) is 0. The van der Waals surface area contributed by atoms with Crippen molar-refractivity contribution in [3.63, 3.8) is 0 Å². The van der Waals surface area contributed by atoms with Gasteiger partial charge in [-0.05, 0) is 48.6 Å². The molecule has 0 aliphatic carbocycles. The second-order valence-corrected chi connectivity index (χ2v) is 4.30. The highest BCUT2D eigenvalue weighted by Gasteiger charge is 2.04. The van der Waals surface area contributed by atoms with E-state index >= 15 is 0 Å². The summed E-state index contributed by atoms with van der Waals surface area (Å²) in [7, 11) is 3.04. The van der Waals surface area contributed by atoms with Crippen molar-refractivity contribution >= 4 is 13.5 Å². The minimum Gasteiger partial charge on any atom is -0.497 e. The van der Waals surface area contributed by atoms with Crippen molar-refractivity contribution in [1.29, 1.82) is 0 Å². The van der Waals surface area contributed by atoms with E-state index in [2.05, 4.69) is 32.6 Å². The van der Waals surface area contributed by atoms with E-state index in [0.29, 0.717) is 0 Å². The molecule has 0 saturated carbocycles. The molecule has 0 aromatic heterocycles. The smallest absolute Gasteiger partial charge is 0.119 e. The Bertz CT molecular complexity index is 343. The molecule has 0 fully saturated rings. The summed E-state index contributed by atoms with van der Waals surface area (Å²) >= 11 is 0. The fourth-order valence-electron chi connectivity index (χ4n) is 1.45. The number of ether oxygens (including phenoxy) is 1. The Morgan fingerprint density at radius 2 is 1.94 bits per heavy atom. The van der Waals surface area contributed by atoms with E-state index in [1.165, 1.54) is 24.6 Å². The molecule has 0 unspecified atom stereocenters. The maximum absolute atomic E-state index is 5.23. The predicted octanol–water partition coefficient (Wildman–Crippen LogP) is 4.40. The Balaban J connectivity index is 0.00000106. The summed E-state index contributed by atoms with van der Waals surface area (Å²) in [5.74, 6) is 0.945. The van der Waals surface area contributed by atoms with Gasteiger partial charge >= 0.3 is 0 Å². The third-order valence-corrected chi connectivity index (χ3v) is 3.33. The third kappa shape index (κ3) is 3.98. The predicted molar refractivity (Wildman–Crippen MR) is 76.3 cm³/mol. The van der Waals surface area contributed by atoms with Crippen LogP contribution in [0.2, 0.25) is 0 Å². The van der Waals surface area contributed by atoms with Crippen LogP contribution in [-0.4, -0.2) is 19.1 Å². The SMILES string of the molecule is CC.CCc1ccc(OC)cc1C(C)=PC. The Kier molecular flexibility index (Phi) is 7.93. The van der Waals surface area contributed by atoms with Crippen molar-refractivity contribution in [1.82, 2.24) is 0 Å². The Morgan fingerprint density at radius 1 is 1.31 bits per heavy atom. The molecule has 1 aromatic carbocycles. The highest BCUT2D eigenvalue weighted by atomic mass is 31.1. The van der Waals surface area contributed by atoms with Crippen molar-refractivity contribution in [2.45, 2.75) is 34.1 Å². The largest absolute Gasteiger partial charge is 0.497 e. The number of aryl methyl sites for hydroxylation is 1. The molecular formula is C14H23OP. The first kappa shape index (κ1) is 15.2. The lowest BCUT2D eigenvalue weighted by atomic mass is 10.0. The lowest BCUT2D eigenvalue weighted by Crippen LogP contribution is -1.98. The molecule has 0 heterocycles. The molecule has 2 heteroatoms. The second-order valence-electron chi connectivity index (χ2n) is 3.19. The van der Waals surface area contributed by atoms with Gasteiger partial charge in [0.15, 0.2) is 0 Å². The molecule has 0 N–H and O–H groups in total. The van der Waals surface area contributed by atoms with Gasteiger partial charge in [-0.3, -0.25) is 0 Å². The average molecular weight is 238 g/mol. The minimum atomic E-state index is 0.945. The average Bonchev–Trinajstić information content (AvgIpc) is 2.39. The van der Waals surface area contributed by atoms with Gasteiger partial charge in [0.2, 0.25) is 0 Å². The van der Waals surface area contributed by atoms with Crippen molar-refractivity contribution in [3.05, 3.63) is 29.3 Å².